The third-order valence-corrected chi connectivity index (χ3v) is 4.55. The van der Waals surface area contributed by atoms with Crippen molar-refractivity contribution in [2.24, 2.45) is 0 Å². The molecule has 1 rings (SSSR count). The van der Waals surface area contributed by atoms with Crippen LogP contribution in [0.5, 0.6) is 0 Å². The van der Waals surface area contributed by atoms with Gasteiger partial charge in [-0.2, -0.15) is 0 Å². The summed E-state index contributed by atoms with van der Waals surface area (Å²) in [5.74, 6) is -2.46. The molecule has 24 heavy (non-hydrogen) atoms. The summed E-state index contributed by atoms with van der Waals surface area (Å²) in [7, 11) is -8.24. The average molecular weight is 434 g/mol. The van der Waals surface area contributed by atoms with Crippen molar-refractivity contribution in [1.29, 1.82) is 0 Å². The molecule has 1 aromatic carbocycles. The van der Waals surface area contributed by atoms with Crippen molar-refractivity contribution in [3.63, 3.8) is 0 Å². The minimum atomic E-state index is -5.03. The Kier molecular flexibility index (Phi) is 12.7. The first-order valence-electron chi connectivity index (χ1n) is 5.40. The van der Waals surface area contributed by atoms with Gasteiger partial charge in [-0.25, -0.2) is 9.59 Å². The summed E-state index contributed by atoms with van der Waals surface area (Å²) >= 11 is 0. The molecule has 14 heteroatoms. The zero-order valence-electron chi connectivity index (χ0n) is 11.3. The normalized spacial score (nSPS) is 10.9. The van der Waals surface area contributed by atoms with E-state index in [1.165, 1.54) is 0 Å². The summed E-state index contributed by atoms with van der Waals surface area (Å²) in [6, 6.07) is 1.01. The predicted molar refractivity (Wildman–Crippen MR) is 86.8 cm³/mol. The Balaban J connectivity index is 0. The van der Waals surface area contributed by atoms with E-state index in [9.17, 15) is 38.3 Å². The molecule has 0 heterocycles. The van der Waals surface area contributed by atoms with E-state index in [1.54, 1.807) is 0 Å². The van der Waals surface area contributed by atoms with Crippen molar-refractivity contribution >= 4 is 141 Å². The summed E-state index contributed by atoms with van der Waals surface area (Å²) in [5, 5.41) is -1.81. The van der Waals surface area contributed by atoms with Crippen LogP contribution >= 0.6 is 15.2 Å². The SMILES string of the molecule is COC(=O)c1cc(P(=O)(O)O)c(C(=O)OC)cc1P(=O)(O)O.[KH].[KH]. The molecule has 0 amide bonds. The Morgan fingerprint density at radius 2 is 1.04 bits per heavy atom. The van der Waals surface area contributed by atoms with E-state index >= 15 is 0 Å². The van der Waals surface area contributed by atoms with E-state index in [0.29, 0.717) is 12.1 Å². The molecule has 0 unspecified atom stereocenters. The van der Waals surface area contributed by atoms with E-state index in [1.807, 2.05) is 0 Å². The van der Waals surface area contributed by atoms with Crippen molar-refractivity contribution in [1.82, 2.24) is 0 Å². The zero-order valence-corrected chi connectivity index (χ0v) is 13.1. The molecule has 0 saturated heterocycles. The average Bonchev–Trinajstić information content (AvgIpc) is 2.42. The number of carbonyl (C=O) groups excluding carboxylic acids is 2. The van der Waals surface area contributed by atoms with Crippen LogP contribution < -0.4 is 10.6 Å². The Labute approximate surface area is 221 Å². The minimum absolute atomic E-state index is 0. The van der Waals surface area contributed by atoms with Gasteiger partial charge in [0.15, 0.2) is 0 Å². The second-order valence-corrected chi connectivity index (χ2v) is 7.10. The zero-order chi connectivity index (χ0) is 17.3. The molecule has 0 spiro atoms. The molecular formula is C10H14K2O10P2. The summed E-state index contributed by atoms with van der Waals surface area (Å²) in [4.78, 5) is 60.1. The van der Waals surface area contributed by atoms with Crippen molar-refractivity contribution in [3.8, 4) is 0 Å². The number of methoxy groups -OCH3 is 2. The van der Waals surface area contributed by atoms with Crippen molar-refractivity contribution < 1.29 is 47.8 Å². The number of hydrogen-bond acceptors (Lipinski definition) is 6. The van der Waals surface area contributed by atoms with Crippen LogP contribution in [0.2, 0.25) is 0 Å². The maximum absolute atomic E-state index is 11.6. The summed E-state index contributed by atoms with van der Waals surface area (Å²) in [6.45, 7) is 0. The fourth-order valence-electron chi connectivity index (χ4n) is 1.61. The van der Waals surface area contributed by atoms with E-state index in [4.69, 9.17) is 0 Å². The van der Waals surface area contributed by atoms with Gasteiger partial charge in [0.25, 0.3) is 0 Å². The summed E-state index contributed by atoms with van der Waals surface area (Å²) in [6.07, 6.45) is 0. The molecule has 10 nitrogen and oxygen atoms in total. The molecular weight excluding hydrogens is 420 g/mol. The van der Waals surface area contributed by atoms with Gasteiger partial charge >= 0.3 is 130 Å². The molecule has 1 aromatic rings. The molecule has 0 aliphatic heterocycles. The first-order chi connectivity index (χ1) is 9.93. The Hall–Kier alpha value is 1.73. The van der Waals surface area contributed by atoms with E-state index in [2.05, 4.69) is 9.47 Å². The Morgan fingerprint density at radius 3 is 1.21 bits per heavy atom. The fourth-order valence-corrected chi connectivity index (χ4v) is 3.14. The summed E-state index contributed by atoms with van der Waals surface area (Å²) in [5.41, 5.74) is -1.52. The summed E-state index contributed by atoms with van der Waals surface area (Å²) < 4.78 is 31.5. The predicted octanol–water partition coefficient (Wildman–Crippen LogP) is -2.43. The molecule has 0 bridgehead atoms. The van der Waals surface area contributed by atoms with Gasteiger partial charge in [0, 0.05) is 0 Å². The first-order valence-corrected chi connectivity index (χ1v) is 8.62. The van der Waals surface area contributed by atoms with Crippen LogP contribution in [-0.4, -0.2) is 149 Å². The van der Waals surface area contributed by atoms with Gasteiger partial charge in [0.05, 0.1) is 36.0 Å². The third-order valence-electron chi connectivity index (χ3n) is 2.55. The van der Waals surface area contributed by atoms with Crippen molar-refractivity contribution in [3.05, 3.63) is 23.3 Å². The van der Waals surface area contributed by atoms with Crippen LogP contribution in [0.4, 0.5) is 0 Å². The number of esters is 2. The van der Waals surface area contributed by atoms with Crippen LogP contribution in [0.25, 0.3) is 0 Å². The molecule has 0 radical (unpaired) electrons. The molecule has 4 N–H and O–H groups in total. The van der Waals surface area contributed by atoms with Crippen LogP contribution in [-0.2, 0) is 18.6 Å². The van der Waals surface area contributed by atoms with E-state index < -0.39 is 48.9 Å². The van der Waals surface area contributed by atoms with Crippen LogP contribution in [0, 0.1) is 0 Å². The van der Waals surface area contributed by atoms with Crippen LogP contribution in [0.1, 0.15) is 20.7 Å². The van der Waals surface area contributed by atoms with Crippen molar-refractivity contribution in [2.75, 3.05) is 14.2 Å². The third kappa shape index (κ3) is 7.04. The molecule has 0 fully saturated rings. The monoisotopic (exact) mass is 434 g/mol. The molecule has 126 valence electrons. The van der Waals surface area contributed by atoms with Gasteiger partial charge in [-0.1, -0.05) is 0 Å². The molecule has 0 aliphatic carbocycles. The van der Waals surface area contributed by atoms with Gasteiger partial charge in [-0.3, -0.25) is 9.13 Å². The van der Waals surface area contributed by atoms with Gasteiger partial charge < -0.3 is 29.0 Å². The first kappa shape index (κ1) is 27.9. The molecule has 0 aromatic heterocycles. The van der Waals surface area contributed by atoms with E-state index in [-0.39, 0.29) is 103 Å². The van der Waals surface area contributed by atoms with Crippen LogP contribution in [0.3, 0.4) is 0 Å². The van der Waals surface area contributed by atoms with Gasteiger partial charge in [-0.05, 0) is 12.1 Å². The topological polar surface area (TPSA) is 168 Å². The quantitative estimate of drug-likeness (QED) is 0.227. The number of rotatable bonds is 4. The van der Waals surface area contributed by atoms with Gasteiger partial charge in [-0.15, -0.1) is 0 Å². The second kappa shape index (κ2) is 10.9. The Morgan fingerprint density at radius 1 is 0.792 bits per heavy atom. The van der Waals surface area contributed by atoms with Gasteiger partial charge in [0.2, 0.25) is 0 Å². The standard InChI is InChI=1S/C10H12O10P2.2K.2H/c1-19-9(11)5-3-8(22(16,17)18)6(10(12)20-2)4-7(5)21(13,14)15;;;;/h3-4H,1-2H3,(H2,13,14,15)(H2,16,17,18);;;;. The van der Waals surface area contributed by atoms with E-state index in [0.717, 1.165) is 14.2 Å². The maximum atomic E-state index is 11.6. The molecule has 0 aliphatic rings. The Bertz CT molecular complexity index is 661. The fraction of sp³-hybridized carbons (Fsp3) is 0.200. The number of ether oxygens (including phenoxy) is 2. The second-order valence-electron chi connectivity index (χ2n) is 3.96. The number of carbonyl (C=O) groups is 2. The van der Waals surface area contributed by atoms with Gasteiger partial charge in [0.1, 0.15) is 0 Å². The number of hydrogen-bond donors (Lipinski definition) is 4. The van der Waals surface area contributed by atoms with Crippen molar-refractivity contribution in [2.45, 2.75) is 0 Å². The number of benzene rings is 1. The van der Waals surface area contributed by atoms with Crippen LogP contribution in [0.15, 0.2) is 12.1 Å². The molecule has 0 atom stereocenters. The molecule has 0 saturated carbocycles.